The Morgan fingerprint density at radius 3 is 2.50 bits per heavy atom. The van der Waals surface area contributed by atoms with Crippen molar-refractivity contribution >= 4 is 23.8 Å². The summed E-state index contributed by atoms with van der Waals surface area (Å²) in [7, 11) is 3.64. The van der Waals surface area contributed by atoms with E-state index < -0.39 is 0 Å². The van der Waals surface area contributed by atoms with Crippen LogP contribution >= 0.6 is 0 Å². The molecule has 0 spiro atoms. The molecule has 0 atom stereocenters. The Balaban J connectivity index is 2.04. The highest BCUT2D eigenvalue weighted by molar-refractivity contribution is 5.74. The number of carbonyl (C=O) groups excluding carboxylic acids is 1. The highest BCUT2D eigenvalue weighted by Crippen LogP contribution is 2.21. The van der Waals surface area contributed by atoms with Crippen molar-refractivity contribution in [1.82, 2.24) is 5.01 Å². The molecular formula is C20H23N3O3. The molecule has 0 fully saturated rings. The summed E-state index contributed by atoms with van der Waals surface area (Å²) < 4.78 is 10.4. The molecule has 0 amide bonds. The zero-order valence-electron chi connectivity index (χ0n) is 15.3. The molecule has 0 radical (unpaired) electrons. The van der Waals surface area contributed by atoms with Crippen molar-refractivity contribution in [2.45, 2.75) is 6.92 Å². The zero-order chi connectivity index (χ0) is 18.8. The smallest absolute Gasteiger partial charge is 0.344 e. The number of rotatable bonds is 8. The standard InChI is InChI=1S/C20H23N3O3/c1-4-25-20(24)15-26-19-8-6-5-7-17(19)12-9-16-10-13-18(14-11-16)21-22-23(2)3/h5-14H,4,15H2,1-3H3/b12-9-,22-21+. The highest BCUT2D eigenvalue weighted by Gasteiger charge is 2.05. The second-order valence-corrected chi connectivity index (χ2v) is 5.59. The van der Waals surface area contributed by atoms with Crippen LogP contribution in [0.3, 0.4) is 0 Å². The largest absolute Gasteiger partial charge is 0.481 e. The molecule has 0 heterocycles. The third-order valence-electron chi connectivity index (χ3n) is 3.26. The minimum absolute atomic E-state index is 0.107. The Morgan fingerprint density at radius 2 is 1.81 bits per heavy atom. The summed E-state index contributed by atoms with van der Waals surface area (Å²) >= 11 is 0. The molecule has 2 rings (SSSR count). The summed E-state index contributed by atoms with van der Waals surface area (Å²) in [6, 6.07) is 15.3. The van der Waals surface area contributed by atoms with Gasteiger partial charge in [-0.05, 0) is 30.7 Å². The van der Waals surface area contributed by atoms with Gasteiger partial charge in [0, 0.05) is 19.7 Å². The summed E-state index contributed by atoms with van der Waals surface area (Å²) in [6.45, 7) is 2.00. The first-order chi connectivity index (χ1) is 12.6. The van der Waals surface area contributed by atoms with E-state index in [9.17, 15) is 4.79 Å². The van der Waals surface area contributed by atoms with Crippen molar-refractivity contribution in [3.05, 3.63) is 59.7 Å². The Kier molecular flexibility index (Phi) is 7.36. The lowest BCUT2D eigenvalue weighted by Gasteiger charge is -2.08. The van der Waals surface area contributed by atoms with E-state index in [1.807, 2.05) is 74.8 Å². The van der Waals surface area contributed by atoms with Crippen molar-refractivity contribution in [3.8, 4) is 5.75 Å². The molecule has 0 bridgehead atoms. The fraction of sp³-hybridized carbons (Fsp3) is 0.250. The Morgan fingerprint density at radius 1 is 1.08 bits per heavy atom. The van der Waals surface area contributed by atoms with Gasteiger partial charge in [0.1, 0.15) is 5.75 Å². The number of para-hydroxylation sites is 1. The molecule has 0 N–H and O–H groups in total. The number of hydrogen-bond acceptors (Lipinski definition) is 5. The van der Waals surface area contributed by atoms with Crippen molar-refractivity contribution < 1.29 is 14.3 Å². The van der Waals surface area contributed by atoms with Gasteiger partial charge in [-0.3, -0.25) is 5.01 Å². The Bertz CT molecular complexity index is 768. The van der Waals surface area contributed by atoms with Gasteiger partial charge in [0.2, 0.25) is 0 Å². The molecule has 136 valence electrons. The van der Waals surface area contributed by atoms with E-state index in [4.69, 9.17) is 9.47 Å². The van der Waals surface area contributed by atoms with Gasteiger partial charge >= 0.3 is 5.97 Å². The molecule has 0 aliphatic heterocycles. The van der Waals surface area contributed by atoms with Crippen LogP contribution in [-0.4, -0.2) is 38.3 Å². The van der Waals surface area contributed by atoms with Gasteiger partial charge in [0.05, 0.1) is 12.3 Å². The van der Waals surface area contributed by atoms with Gasteiger partial charge in [0.15, 0.2) is 6.61 Å². The van der Waals surface area contributed by atoms with Gasteiger partial charge in [-0.1, -0.05) is 47.7 Å². The molecule has 26 heavy (non-hydrogen) atoms. The van der Waals surface area contributed by atoms with E-state index in [1.165, 1.54) is 0 Å². The van der Waals surface area contributed by atoms with Crippen LogP contribution in [0.4, 0.5) is 5.69 Å². The normalized spacial score (nSPS) is 11.0. The molecule has 6 nitrogen and oxygen atoms in total. The Hall–Kier alpha value is -3.15. The van der Waals surface area contributed by atoms with Gasteiger partial charge in [-0.2, -0.15) is 0 Å². The third kappa shape index (κ3) is 6.39. The summed E-state index contributed by atoms with van der Waals surface area (Å²) in [4.78, 5) is 11.4. The maximum absolute atomic E-state index is 11.4. The molecular weight excluding hydrogens is 330 g/mol. The van der Waals surface area contributed by atoms with Crippen LogP contribution in [0.5, 0.6) is 5.75 Å². The van der Waals surface area contributed by atoms with Gasteiger partial charge in [0.25, 0.3) is 0 Å². The third-order valence-corrected chi connectivity index (χ3v) is 3.26. The number of carbonyl (C=O) groups is 1. The van der Waals surface area contributed by atoms with Crippen LogP contribution in [0.2, 0.25) is 0 Å². The predicted molar refractivity (Wildman–Crippen MR) is 102 cm³/mol. The first kappa shape index (κ1) is 19.2. The van der Waals surface area contributed by atoms with Crippen molar-refractivity contribution in [3.63, 3.8) is 0 Å². The molecule has 0 saturated carbocycles. The fourth-order valence-electron chi connectivity index (χ4n) is 2.07. The van der Waals surface area contributed by atoms with Crippen molar-refractivity contribution in [2.75, 3.05) is 27.3 Å². The van der Waals surface area contributed by atoms with E-state index >= 15 is 0 Å². The van der Waals surface area contributed by atoms with E-state index in [0.717, 1.165) is 16.8 Å². The minimum Gasteiger partial charge on any atom is -0.481 e. The van der Waals surface area contributed by atoms with Gasteiger partial charge in [-0.15, -0.1) is 5.11 Å². The quantitative estimate of drug-likeness (QED) is 0.306. The molecule has 2 aromatic carbocycles. The maximum atomic E-state index is 11.4. The number of hydrogen-bond donors (Lipinski definition) is 0. The van der Waals surface area contributed by atoms with Gasteiger partial charge < -0.3 is 9.47 Å². The summed E-state index contributed by atoms with van der Waals surface area (Å²) in [6.07, 6.45) is 3.91. The predicted octanol–water partition coefficient (Wildman–Crippen LogP) is 4.36. The van der Waals surface area contributed by atoms with Crippen LogP contribution in [0.25, 0.3) is 12.2 Å². The van der Waals surface area contributed by atoms with E-state index in [1.54, 1.807) is 11.9 Å². The zero-order valence-corrected chi connectivity index (χ0v) is 15.3. The maximum Gasteiger partial charge on any atom is 0.344 e. The second-order valence-electron chi connectivity index (χ2n) is 5.59. The number of benzene rings is 2. The monoisotopic (exact) mass is 353 g/mol. The van der Waals surface area contributed by atoms with E-state index in [2.05, 4.69) is 10.3 Å². The average molecular weight is 353 g/mol. The Labute approximate surface area is 153 Å². The van der Waals surface area contributed by atoms with Crippen LogP contribution in [-0.2, 0) is 9.53 Å². The van der Waals surface area contributed by atoms with E-state index in [-0.39, 0.29) is 12.6 Å². The SMILES string of the molecule is CCOC(=O)COc1ccccc1/C=C\c1ccc(/N=N/N(C)C)cc1. The molecule has 0 aliphatic carbocycles. The summed E-state index contributed by atoms with van der Waals surface area (Å²) in [5, 5.41) is 9.70. The lowest BCUT2D eigenvalue weighted by atomic mass is 10.1. The first-order valence-electron chi connectivity index (χ1n) is 8.33. The second kappa shape index (κ2) is 9.98. The molecule has 0 saturated heterocycles. The van der Waals surface area contributed by atoms with Crippen LogP contribution in [0.15, 0.2) is 58.9 Å². The molecule has 0 aliphatic rings. The average Bonchev–Trinajstić information content (AvgIpc) is 2.64. The number of ether oxygens (including phenoxy) is 2. The summed E-state index contributed by atoms with van der Waals surface area (Å²) in [5.41, 5.74) is 2.69. The molecule has 2 aromatic rings. The van der Waals surface area contributed by atoms with E-state index in [0.29, 0.717) is 12.4 Å². The van der Waals surface area contributed by atoms with Crippen LogP contribution < -0.4 is 4.74 Å². The van der Waals surface area contributed by atoms with Crippen molar-refractivity contribution in [1.29, 1.82) is 0 Å². The number of esters is 1. The fourth-order valence-corrected chi connectivity index (χ4v) is 2.07. The summed E-state index contributed by atoms with van der Waals surface area (Å²) in [5.74, 6) is 0.252. The first-order valence-corrected chi connectivity index (χ1v) is 8.33. The lowest BCUT2D eigenvalue weighted by molar-refractivity contribution is -0.145. The topological polar surface area (TPSA) is 63.5 Å². The number of nitrogens with zero attached hydrogens (tertiary/aromatic N) is 3. The van der Waals surface area contributed by atoms with Crippen molar-refractivity contribution in [2.24, 2.45) is 10.3 Å². The highest BCUT2D eigenvalue weighted by atomic mass is 16.6. The van der Waals surface area contributed by atoms with Crippen LogP contribution in [0, 0.1) is 0 Å². The van der Waals surface area contributed by atoms with Gasteiger partial charge in [-0.25, -0.2) is 4.79 Å². The van der Waals surface area contributed by atoms with Crippen LogP contribution in [0.1, 0.15) is 18.1 Å². The molecule has 0 unspecified atom stereocenters. The molecule has 0 aromatic heterocycles. The lowest BCUT2D eigenvalue weighted by Crippen LogP contribution is -2.14. The minimum atomic E-state index is -0.381. The molecule has 6 heteroatoms.